The Morgan fingerprint density at radius 1 is 1.60 bits per heavy atom. The maximum absolute atomic E-state index is 5.58. The number of pyridine rings is 1. The minimum atomic E-state index is 0.775. The van der Waals surface area contributed by atoms with Crippen LogP contribution < -0.4 is 5.73 Å². The molecule has 2 heteroatoms. The van der Waals surface area contributed by atoms with E-state index in [4.69, 9.17) is 5.73 Å². The summed E-state index contributed by atoms with van der Waals surface area (Å²) in [6.45, 7) is 4.08. The number of anilines is 1. The van der Waals surface area contributed by atoms with E-state index in [1.54, 1.807) is 6.20 Å². The number of aromatic nitrogens is 1. The lowest BCUT2D eigenvalue weighted by Crippen LogP contribution is -1.94. The minimum absolute atomic E-state index is 0.775. The first-order chi connectivity index (χ1) is 4.74. The maximum atomic E-state index is 5.58. The molecule has 0 atom stereocenters. The van der Waals surface area contributed by atoms with Crippen LogP contribution in [-0.4, -0.2) is 4.98 Å². The van der Waals surface area contributed by atoms with Crippen LogP contribution in [0.1, 0.15) is 18.2 Å². The van der Waals surface area contributed by atoms with Crippen molar-refractivity contribution in [2.45, 2.75) is 20.3 Å². The Labute approximate surface area is 61.1 Å². The smallest absolute Gasteiger partial charge is 0.0530 e. The summed E-state index contributed by atoms with van der Waals surface area (Å²) in [5.74, 6) is 0. The molecular formula is C8H12N2. The van der Waals surface area contributed by atoms with Gasteiger partial charge < -0.3 is 5.73 Å². The van der Waals surface area contributed by atoms with Crippen LogP contribution in [0.3, 0.4) is 0 Å². The van der Waals surface area contributed by atoms with Crippen LogP contribution in [0.25, 0.3) is 0 Å². The largest absolute Gasteiger partial charge is 0.397 e. The van der Waals surface area contributed by atoms with Gasteiger partial charge in [-0.15, -0.1) is 0 Å². The van der Waals surface area contributed by atoms with Gasteiger partial charge in [-0.25, -0.2) is 0 Å². The van der Waals surface area contributed by atoms with Crippen molar-refractivity contribution in [2.75, 3.05) is 5.73 Å². The van der Waals surface area contributed by atoms with E-state index in [1.165, 1.54) is 0 Å². The predicted molar refractivity (Wildman–Crippen MR) is 42.8 cm³/mol. The fourth-order valence-corrected chi connectivity index (χ4v) is 0.818. The molecule has 1 aromatic heterocycles. The quantitative estimate of drug-likeness (QED) is 0.636. The van der Waals surface area contributed by atoms with Crippen molar-refractivity contribution in [3.63, 3.8) is 0 Å². The summed E-state index contributed by atoms with van der Waals surface area (Å²) in [6.07, 6.45) is 2.69. The first-order valence-electron chi connectivity index (χ1n) is 3.45. The summed E-state index contributed by atoms with van der Waals surface area (Å²) in [5.41, 5.74) is 8.58. The third-order valence-corrected chi connectivity index (χ3v) is 1.57. The van der Waals surface area contributed by atoms with Crippen LogP contribution in [0.4, 0.5) is 5.69 Å². The van der Waals surface area contributed by atoms with Crippen molar-refractivity contribution in [1.29, 1.82) is 0 Å². The highest BCUT2D eigenvalue weighted by Crippen LogP contribution is 2.09. The van der Waals surface area contributed by atoms with E-state index in [9.17, 15) is 0 Å². The molecule has 0 fully saturated rings. The van der Waals surface area contributed by atoms with Gasteiger partial charge in [-0.1, -0.05) is 6.92 Å². The van der Waals surface area contributed by atoms with Crippen molar-refractivity contribution in [3.05, 3.63) is 23.5 Å². The summed E-state index contributed by atoms with van der Waals surface area (Å²) in [6, 6.07) is 2.02. The molecule has 0 saturated heterocycles. The number of hydrogen-bond donors (Lipinski definition) is 1. The first-order valence-corrected chi connectivity index (χ1v) is 3.45. The van der Waals surface area contributed by atoms with Gasteiger partial charge in [0, 0.05) is 5.69 Å². The topological polar surface area (TPSA) is 38.9 Å². The molecule has 0 unspecified atom stereocenters. The molecule has 1 rings (SSSR count). The summed E-state index contributed by atoms with van der Waals surface area (Å²) in [7, 11) is 0. The number of aryl methyl sites for hydroxylation is 2. The standard InChI is InChI=1S/C8H12N2/c1-3-7-4-6(2)8(9)5-10-7/h4-5H,3,9H2,1-2H3. The summed E-state index contributed by atoms with van der Waals surface area (Å²) < 4.78 is 0. The SMILES string of the molecule is CCc1cc(C)c(N)cn1. The molecule has 1 aromatic rings. The molecule has 0 spiro atoms. The van der Waals surface area contributed by atoms with E-state index in [1.807, 2.05) is 13.0 Å². The van der Waals surface area contributed by atoms with Gasteiger partial charge in [-0.05, 0) is 25.0 Å². The zero-order valence-corrected chi connectivity index (χ0v) is 6.39. The molecule has 0 aromatic carbocycles. The van der Waals surface area contributed by atoms with Crippen LogP contribution in [0.5, 0.6) is 0 Å². The second-order valence-corrected chi connectivity index (χ2v) is 2.39. The van der Waals surface area contributed by atoms with Gasteiger partial charge in [0.1, 0.15) is 0 Å². The Kier molecular flexibility index (Phi) is 1.90. The maximum Gasteiger partial charge on any atom is 0.0530 e. The van der Waals surface area contributed by atoms with E-state index < -0.39 is 0 Å². The molecule has 1 heterocycles. The van der Waals surface area contributed by atoms with Crippen molar-refractivity contribution in [1.82, 2.24) is 4.98 Å². The third-order valence-electron chi connectivity index (χ3n) is 1.57. The number of nitrogens with two attached hydrogens (primary N) is 1. The number of nitrogen functional groups attached to an aromatic ring is 1. The normalized spacial score (nSPS) is 9.80. The predicted octanol–water partition coefficient (Wildman–Crippen LogP) is 1.53. The highest BCUT2D eigenvalue weighted by atomic mass is 14.7. The van der Waals surface area contributed by atoms with E-state index in [0.29, 0.717) is 0 Å². The fourth-order valence-electron chi connectivity index (χ4n) is 0.818. The molecule has 0 aliphatic heterocycles. The highest BCUT2D eigenvalue weighted by molar-refractivity contribution is 5.43. The molecule has 2 N–H and O–H groups in total. The number of hydrogen-bond acceptors (Lipinski definition) is 2. The van der Waals surface area contributed by atoms with Crippen LogP contribution in [0.2, 0.25) is 0 Å². The number of nitrogens with zero attached hydrogens (tertiary/aromatic N) is 1. The monoisotopic (exact) mass is 136 g/mol. The molecular weight excluding hydrogens is 124 g/mol. The van der Waals surface area contributed by atoms with E-state index >= 15 is 0 Å². The average Bonchev–Trinajstić information content (AvgIpc) is 1.95. The molecule has 2 nitrogen and oxygen atoms in total. The average molecular weight is 136 g/mol. The molecule has 0 aliphatic rings. The molecule has 10 heavy (non-hydrogen) atoms. The Hall–Kier alpha value is -1.05. The lowest BCUT2D eigenvalue weighted by molar-refractivity contribution is 1.03. The van der Waals surface area contributed by atoms with Crippen LogP contribution >= 0.6 is 0 Å². The fraction of sp³-hybridized carbons (Fsp3) is 0.375. The number of rotatable bonds is 1. The van der Waals surface area contributed by atoms with Crippen molar-refractivity contribution < 1.29 is 0 Å². The third kappa shape index (κ3) is 1.26. The Morgan fingerprint density at radius 2 is 2.30 bits per heavy atom. The van der Waals surface area contributed by atoms with Gasteiger partial charge in [0.2, 0.25) is 0 Å². The second-order valence-electron chi connectivity index (χ2n) is 2.39. The van der Waals surface area contributed by atoms with Crippen LogP contribution in [0, 0.1) is 6.92 Å². The van der Waals surface area contributed by atoms with Gasteiger partial charge in [0.15, 0.2) is 0 Å². The summed E-state index contributed by atoms with van der Waals surface area (Å²) in [5, 5.41) is 0. The lowest BCUT2D eigenvalue weighted by atomic mass is 10.2. The van der Waals surface area contributed by atoms with Gasteiger partial charge >= 0.3 is 0 Å². The van der Waals surface area contributed by atoms with Gasteiger partial charge in [0.05, 0.1) is 11.9 Å². The molecule has 0 aliphatic carbocycles. The van der Waals surface area contributed by atoms with E-state index in [2.05, 4.69) is 11.9 Å². The molecule has 54 valence electrons. The summed E-state index contributed by atoms with van der Waals surface area (Å²) in [4.78, 5) is 4.13. The lowest BCUT2D eigenvalue weighted by Gasteiger charge is -2.00. The highest BCUT2D eigenvalue weighted by Gasteiger charge is 1.94. The molecule has 0 bridgehead atoms. The van der Waals surface area contributed by atoms with Gasteiger partial charge in [0.25, 0.3) is 0 Å². The molecule has 0 saturated carbocycles. The summed E-state index contributed by atoms with van der Waals surface area (Å²) >= 11 is 0. The van der Waals surface area contributed by atoms with E-state index in [0.717, 1.165) is 23.4 Å². The zero-order valence-electron chi connectivity index (χ0n) is 6.39. The Bertz CT molecular complexity index is 231. The Morgan fingerprint density at radius 3 is 2.80 bits per heavy atom. The first kappa shape index (κ1) is 7.06. The Balaban J connectivity index is 3.04. The zero-order chi connectivity index (χ0) is 7.56. The minimum Gasteiger partial charge on any atom is -0.397 e. The molecule has 0 amide bonds. The van der Waals surface area contributed by atoms with Crippen LogP contribution in [-0.2, 0) is 6.42 Å². The van der Waals surface area contributed by atoms with Crippen molar-refractivity contribution in [3.8, 4) is 0 Å². The van der Waals surface area contributed by atoms with Crippen molar-refractivity contribution in [2.24, 2.45) is 0 Å². The van der Waals surface area contributed by atoms with Gasteiger partial charge in [-0.3, -0.25) is 4.98 Å². The van der Waals surface area contributed by atoms with Gasteiger partial charge in [-0.2, -0.15) is 0 Å². The van der Waals surface area contributed by atoms with Crippen LogP contribution in [0.15, 0.2) is 12.3 Å². The van der Waals surface area contributed by atoms with Crippen molar-refractivity contribution >= 4 is 5.69 Å². The van der Waals surface area contributed by atoms with E-state index in [-0.39, 0.29) is 0 Å². The molecule has 0 radical (unpaired) electrons. The second kappa shape index (κ2) is 2.69.